The third kappa shape index (κ3) is 2.96. The first-order valence-electron chi connectivity index (χ1n) is 5.00. The van der Waals surface area contributed by atoms with Gasteiger partial charge in [-0.2, -0.15) is 5.26 Å². The molecule has 0 aliphatic rings. The molecule has 2 rings (SSSR count). The van der Waals surface area contributed by atoms with Gasteiger partial charge in [-0.3, -0.25) is 0 Å². The lowest BCUT2D eigenvalue weighted by Crippen LogP contribution is -2.16. The molecule has 0 unspecified atom stereocenters. The van der Waals surface area contributed by atoms with Gasteiger partial charge in [0.2, 0.25) is 0 Å². The molecule has 86 valence electrons. The van der Waals surface area contributed by atoms with Crippen LogP contribution in [0.2, 0.25) is 4.34 Å². The van der Waals surface area contributed by atoms with E-state index in [0.29, 0.717) is 5.56 Å². The molecule has 2 aromatic rings. The zero-order chi connectivity index (χ0) is 12.3. The van der Waals surface area contributed by atoms with Crippen molar-refractivity contribution < 1.29 is 0 Å². The van der Waals surface area contributed by atoms with Crippen LogP contribution in [-0.4, -0.2) is 12.0 Å². The third-order valence-electron chi connectivity index (χ3n) is 2.29. The number of hydrogen-bond acceptors (Lipinski definition) is 4. The zero-order valence-corrected chi connectivity index (χ0v) is 10.8. The number of nitriles is 1. The number of thiophene rings is 1. The highest BCUT2D eigenvalue weighted by molar-refractivity contribution is 7.16. The van der Waals surface area contributed by atoms with E-state index in [2.05, 4.69) is 4.98 Å². The number of nitrogens with zero attached hydrogens (tertiary/aromatic N) is 3. The molecule has 0 saturated carbocycles. The van der Waals surface area contributed by atoms with E-state index in [9.17, 15) is 0 Å². The van der Waals surface area contributed by atoms with Crippen LogP contribution >= 0.6 is 22.9 Å². The summed E-state index contributed by atoms with van der Waals surface area (Å²) in [6, 6.07) is 9.55. The Morgan fingerprint density at radius 2 is 2.24 bits per heavy atom. The maximum atomic E-state index is 8.69. The number of halogens is 1. The minimum Gasteiger partial charge on any atom is -0.355 e. The first-order chi connectivity index (χ1) is 8.19. The van der Waals surface area contributed by atoms with Gasteiger partial charge < -0.3 is 4.90 Å². The molecule has 0 aliphatic carbocycles. The third-order valence-corrected chi connectivity index (χ3v) is 3.51. The van der Waals surface area contributed by atoms with Crippen LogP contribution in [0.15, 0.2) is 30.5 Å². The number of hydrogen-bond donors (Lipinski definition) is 0. The van der Waals surface area contributed by atoms with Gasteiger partial charge in [0, 0.05) is 18.1 Å². The van der Waals surface area contributed by atoms with Gasteiger partial charge in [-0.25, -0.2) is 4.98 Å². The van der Waals surface area contributed by atoms with Crippen molar-refractivity contribution in [2.45, 2.75) is 6.54 Å². The van der Waals surface area contributed by atoms with E-state index in [4.69, 9.17) is 16.9 Å². The molecule has 3 nitrogen and oxygen atoms in total. The predicted octanol–water partition coefficient (Wildman–Crippen LogP) is 3.30. The Kier molecular flexibility index (Phi) is 3.62. The molecule has 2 aromatic heterocycles. The average Bonchev–Trinajstić information content (AvgIpc) is 2.75. The van der Waals surface area contributed by atoms with Crippen LogP contribution in [0.4, 0.5) is 5.82 Å². The summed E-state index contributed by atoms with van der Waals surface area (Å²) < 4.78 is 0.793. The summed E-state index contributed by atoms with van der Waals surface area (Å²) in [5.74, 6) is 0.841. The van der Waals surface area contributed by atoms with Crippen LogP contribution in [0, 0.1) is 11.3 Å². The molecule has 0 aromatic carbocycles. The molecule has 0 atom stereocenters. The zero-order valence-electron chi connectivity index (χ0n) is 9.22. The molecule has 0 saturated heterocycles. The Hall–Kier alpha value is -1.57. The van der Waals surface area contributed by atoms with E-state index in [0.717, 1.165) is 16.7 Å². The summed E-state index contributed by atoms with van der Waals surface area (Å²) in [5.41, 5.74) is 0.571. The van der Waals surface area contributed by atoms with Crippen LogP contribution < -0.4 is 4.90 Å². The fourth-order valence-electron chi connectivity index (χ4n) is 1.43. The first kappa shape index (κ1) is 11.9. The molecule has 0 bridgehead atoms. The highest BCUT2D eigenvalue weighted by atomic mass is 35.5. The normalized spacial score (nSPS) is 9.94. The lowest BCUT2D eigenvalue weighted by Gasteiger charge is -2.16. The number of rotatable bonds is 3. The molecule has 17 heavy (non-hydrogen) atoms. The summed E-state index contributed by atoms with van der Waals surface area (Å²) in [5, 5.41) is 8.69. The van der Waals surface area contributed by atoms with Gasteiger partial charge in [0.25, 0.3) is 0 Å². The van der Waals surface area contributed by atoms with Crippen molar-refractivity contribution in [1.29, 1.82) is 5.26 Å². The van der Waals surface area contributed by atoms with Crippen molar-refractivity contribution in [3.63, 3.8) is 0 Å². The van der Waals surface area contributed by atoms with E-state index >= 15 is 0 Å². The molecule has 5 heteroatoms. The standard InChI is InChI=1S/C12H10ClN3S/c1-16(8-10-3-4-11(13)17-10)12-5-2-9(6-14)7-15-12/h2-5,7H,8H2,1H3. The fraction of sp³-hybridized carbons (Fsp3) is 0.167. The van der Waals surface area contributed by atoms with Crippen molar-refractivity contribution in [3.05, 3.63) is 45.2 Å². The highest BCUT2D eigenvalue weighted by Gasteiger charge is 2.05. The van der Waals surface area contributed by atoms with Crippen molar-refractivity contribution in [3.8, 4) is 6.07 Å². The molecule has 0 fully saturated rings. The molecule has 0 amide bonds. The van der Waals surface area contributed by atoms with Gasteiger partial charge in [0.05, 0.1) is 16.4 Å². The van der Waals surface area contributed by atoms with Gasteiger partial charge in [0.15, 0.2) is 0 Å². The summed E-state index contributed by atoms with van der Waals surface area (Å²) in [6.45, 7) is 0.760. The van der Waals surface area contributed by atoms with E-state index in [1.807, 2.05) is 36.2 Å². The first-order valence-corrected chi connectivity index (χ1v) is 6.20. The number of pyridine rings is 1. The monoisotopic (exact) mass is 263 g/mol. The molecule has 0 spiro atoms. The Morgan fingerprint density at radius 1 is 1.41 bits per heavy atom. The van der Waals surface area contributed by atoms with Crippen LogP contribution in [0.5, 0.6) is 0 Å². The minimum absolute atomic E-state index is 0.571. The molecular formula is C12H10ClN3S. The van der Waals surface area contributed by atoms with E-state index in [1.165, 1.54) is 4.88 Å². The second kappa shape index (κ2) is 5.17. The summed E-state index contributed by atoms with van der Waals surface area (Å²) in [4.78, 5) is 7.43. The van der Waals surface area contributed by atoms with Crippen LogP contribution in [0.3, 0.4) is 0 Å². The van der Waals surface area contributed by atoms with E-state index in [1.54, 1.807) is 23.6 Å². The molecule has 0 N–H and O–H groups in total. The SMILES string of the molecule is CN(Cc1ccc(Cl)s1)c1ccc(C#N)cn1. The van der Waals surface area contributed by atoms with Crippen molar-refractivity contribution in [1.82, 2.24) is 4.98 Å². The van der Waals surface area contributed by atoms with Crippen molar-refractivity contribution in [2.24, 2.45) is 0 Å². The average molecular weight is 264 g/mol. The van der Waals surface area contributed by atoms with Crippen molar-refractivity contribution >= 4 is 28.8 Å². The second-order valence-electron chi connectivity index (χ2n) is 3.58. The Morgan fingerprint density at radius 3 is 2.76 bits per heavy atom. The number of aromatic nitrogens is 1. The lowest BCUT2D eigenvalue weighted by atomic mass is 10.3. The van der Waals surface area contributed by atoms with Crippen LogP contribution in [-0.2, 0) is 6.54 Å². The van der Waals surface area contributed by atoms with Crippen LogP contribution in [0.25, 0.3) is 0 Å². The van der Waals surface area contributed by atoms with Gasteiger partial charge in [0.1, 0.15) is 11.9 Å². The summed E-state index contributed by atoms with van der Waals surface area (Å²) in [6.07, 6.45) is 1.58. The maximum Gasteiger partial charge on any atom is 0.128 e. The Balaban J connectivity index is 2.09. The Bertz CT molecular complexity index is 542. The minimum atomic E-state index is 0.571. The molecule has 0 aliphatic heterocycles. The predicted molar refractivity (Wildman–Crippen MR) is 70.4 cm³/mol. The largest absolute Gasteiger partial charge is 0.355 e. The molecule has 2 heterocycles. The van der Waals surface area contributed by atoms with Gasteiger partial charge >= 0.3 is 0 Å². The van der Waals surface area contributed by atoms with Gasteiger partial charge in [-0.15, -0.1) is 11.3 Å². The fourth-order valence-corrected chi connectivity index (χ4v) is 2.57. The van der Waals surface area contributed by atoms with Gasteiger partial charge in [-0.1, -0.05) is 11.6 Å². The summed E-state index contributed by atoms with van der Waals surface area (Å²) >= 11 is 7.44. The number of anilines is 1. The Labute approximate surface area is 109 Å². The maximum absolute atomic E-state index is 8.69. The van der Waals surface area contributed by atoms with Crippen molar-refractivity contribution in [2.75, 3.05) is 11.9 Å². The van der Waals surface area contributed by atoms with Crippen LogP contribution in [0.1, 0.15) is 10.4 Å². The lowest BCUT2D eigenvalue weighted by molar-refractivity contribution is 0.912. The second-order valence-corrected chi connectivity index (χ2v) is 5.38. The van der Waals surface area contributed by atoms with E-state index < -0.39 is 0 Å². The topological polar surface area (TPSA) is 39.9 Å². The molecular weight excluding hydrogens is 254 g/mol. The van der Waals surface area contributed by atoms with E-state index in [-0.39, 0.29) is 0 Å². The smallest absolute Gasteiger partial charge is 0.128 e. The summed E-state index contributed by atoms with van der Waals surface area (Å²) in [7, 11) is 1.96. The van der Waals surface area contributed by atoms with Gasteiger partial charge in [-0.05, 0) is 24.3 Å². The molecule has 0 radical (unpaired) electrons. The highest BCUT2D eigenvalue weighted by Crippen LogP contribution is 2.23. The quantitative estimate of drug-likeness (QED) is 0.853.